The van der Waals surface area contributed by atoms with E-state index >= 15 is 0 Å². The van der Waals surface area contributed by atoms with Gasteiger partial charge >= 0.3 is 6.09 Å². The number of benzene rings is 1. The summed E-state index contributed by atoms with van der Waals surface area (Å²) in [5, 5.41) is 15.9. The Morgan fingerprint density at radius 1 is 1.48 bits per heavy atom. The van der Waals surface area contributed by atoms with Gasteiger partial charge in [0.05, 0.1) is 35.1 Å². The van der Waals surface area contributed by atoms with Crippen LogP contribution in [0.5, 0.6) is 0 Å². The molecule has 1 heterocycles. The summed E-state index contributed by atoms with van der Waals surface area (Å²) in [5.74, 6) is 0. The minimum absolute atomic E-state index is 0.102. The van der Waals surface area contributed by atoms with Crippen LogP contribution in [0, 0.1) is 11.3 Å². The summed E-state index contributed by atoms with van der Waals surface area (Å²) in [6.45, 7) is 4.24. The number of amides is 1. The first-order valence-electron chi connectivity index (χ1n) is 7.66. The SMILES string of the molecule is CCNc1cc(C#N)cc(N2CCC(NC(=O)OC)CC2)c1Cl. The van der Waals surface area contributed by atoms with Crippen molar-refractivity contribution in [3.63, 3.8) is 0 Å². The molecule has 1 aromatic rings. The predicted molar refractivity (Wildman–Crippen MR) is 91.1 cm³/mol. The Morgan fingerprint density at radius 3 is 2.74 bits per heavy atom. The minimum Gasteiger partial charge on any atom is -0.453 e. The predicted octanol–water partition coefficient (Wildman–Crippen LogP) is 2.97. The van der Waals surface area contributed by atoms with Crippen molar-refractivity contribution in [3.8, 4) is 6.07 Å². The maximum absolute atomic E-state index is 11.3. The van der Waals surface area contributed by atoms with Crippen molar-refractivity contribution in [3.05, 3.63) is 22.7 Å². The van der Waals surface area contributed by atoms with E-state index in [9.17, 15) is 10.1 Å². The van der Waals surface area contributed by atoms with Gasteiger partial charge in [0.2, 0.25) is 0 Å². The number of piperidine rings is 1. The van der Waals surface area contributed by atoms with Crippen LogP contribution in [0.1, 0.15) is 25.3 Å². The average Bonchev–Trinajstić information content (AvgIpc) is 2.57. The number of nitrogens with zero attached hydrogens (tertiary/aromatic N) is 2. The second-order valence-electron chi connectivity index (χ2n) is 5.40. The van der Waals surface area contributed by atoms with E-state index < -0.39 is 6.09 Å². The highest BCUT2D eigenvalue weighted by Gasteiger charge is 2.23. The first kappa shape index (κ1) is 17.2. The van der Waals surface area contributed by atoms with E-state index in [1.54, 1.807) is 6.07 Å². The van der Waals surface area contributed by atoms with Gasteiger partial charge in [-0.05, 0) is 31.9 Å². The number of anilines is 2. The second kappa shape index (κ2) is 7.93. The third-order valence-electron chi connectivity index (χ3n) is 3.89. The molecule has 0 radical (unpaired) electrons. The van der Waals surface area contributed by atoms with E-state index in [2.05, 4.69) is 26.3 Å². The fourth-order valence-electron chi connectivity index (χ4n) is 2.71. The molecule has 0 aromatic heterocycles. The Balaban J connectivity index is 2.12. The van der Waals surface area contributed by atoms with Gasteiger partial charge in [-0.3, -0.25) is 0 Å². The van der Waals surface area contributed by atoms with Crippen molar-refractivity contribution in [1.82, 2.24) is 5.32 Å². The molecule has 23 heavy (non-hydrogen) atoms. The molecule has 0 spiro atoms. The molecule has 7 heteroatoms. The van der Waals surface area contributed by atoms with Gasteiger partial charge in [-0.1, -0.05) is 11.6 Å². The fourth-order valence-corrected chi connectivity index (χ4v) is 3.01. The number of halogens is 1. The van der Waals surface area contributed by atoms with Gasteiger partial charge in [-0.25, -0.2) is 4.79 Å². The van der Waals surface area contributed by atoms with Crippen LogP contribution in [0.4, 0.5) is 16.2 Å². The smallest absolute Gasteiger partial charge is 0.407 e. The molecule has 124 valence electrons. The van der Waals surface area contributed by atoms with Crippen LogP contribution in [0.2, 0.25) is 5.02 Å². The Kier molecular flexibility index (Phi) is 5.94. The fraction of sp³-hybridized carbons (Fsp3) is 0.500. The Bertz CT molecular complexity index is 607. The summed E-state index contributed by atoms with van der Waals surface area (Å²) in [7, 11) is 1.36. The van der Waals surface area contributed by atoms with E-state index in [4.69, 9.17) is 11.6 Å². The zero-order valence-corrected chi connectivity index (χ0v) is 14.1. The van der Waals surface area contributed by atoms with Crippen LogP contribution < -0.4 is 15.5 Å². The Hall–Kier alpha value is -2.13. The summed E-state index contributed by atoms with van der Waals surface area (Å²) in [5.41, 5.74) is 2.21. The van der Waals surface area contributed by atoms with Crippen molar-refractivity contribution in [2.24, 2.45) is 0 Å². The lowest BCUT2D eigenvalue weighted by molar-refractivity contribution is 0.164. The maximum atomic E-state index is 11.3. The van der Waals surface area contributed by atoms with E-state index in [1.165, 1.54) is 7.11 Å². The Labute approximate surface area is 141 Å². The molecule has 1 aromatic carbocycles. The van der Waals surface area contributed by atoms with Crippen LogP contribution in [-0.4, -0.2) is 38.9 Å². The molecular weight excluding hydrogens is 316 g/mol. The summed E-state index contributed by atoms with van der Waals surface area (Å²) in [4.78, 5) is 13.4. The molecule has 2 N–H and O–H groups in total. The van der Waals surface area contributed by atoms with Crippen molar-refractivity contribution in [2.45, 2.75) is 25.8 Å². The molecule has 0 atom stereocenters. The van der Waals surface area contributed by atoms with Gasteiger partial charge in [0.1, 0.15) is 0 Å². The van der Waals surface area contributed by atoms with Gasteiger partial charge in [-0.15, -0.1) is 0 Å². The van der Waals surface area contributed by atoms with Crippen molar-refractivity contribution < 1.29 is 9.53 Å². The number of nitrogens with one attached hydrogen (secondary N) is 2. The van der Waals surface area contributed by atoms with Crippen LogP contribution in [0.25, 0.3) is 0 Å². The molecule has 1 aliphatic heterocycles. The summed E-state index contributed by atoms with van der Waals surface area (Å²) < 4.78 is 4.63. The first-order chi connectivity index (χ1) is 11.1. The number of hydrogen-bond donors (Lipinski definition) is 2. The third-order valence-corrected chi connectivity index (χ3v) is 4.29. The highest BCUT2D eigenvalue weighted by molar-refractivity contribution is 6.36. The maximum Gasteiger partial charge on any atom is 0.407 e. The van der Waals surface area contributed by atoms with Crippen molar-refractivity contribution >= 4 is 29.1 Å². The lowest BCUT2D eigenvalue weighted by Gasteiger charge is -2.34. The number of methoxy groups -OCH3 is 1. The number of rotatable bonds is 4. The standard InChI is InChI=1S/C16H21ClN4O2/c1-3-19-13-8-11(10-18)9-14(15(13)17)21-6-4-12(5-7-21)20-16(22)23-2/h8-9,12,19H,3-7H2,1-2H3,(H,20,22). The molecule has 0 unspecified atom stereocenters. The van der Waals surface area contributed by atoms with Gasteiger partial charge in [0.25, 0.3) is 0 Å². The largest absolute Gasteiger partial charge is 0.453 e. The molecule has 0 aliphatic carbocycles. The molecule has 1 saturated heterocycles. The van der Waals surface area contributed by atoms with Crippen molar-refractivity contribution in [2.75, 3.05) is 37.0 Å². The molecule has 1 aliphatic rings. The molecule has 1 amide bonds. The van der Waals surface area contributed by atoms with Gasteiger partial charge in [0, 0.05) is 25.7 Å². The highest BCUT2D eigenvalue weighted by Crippen LogP contribution is 2.35. The molecule has 0 saturated carbocycles. The van der Waals surface area contributed by atoms with Crippen LogP contribution in [-0.2, 0) is 4.74 Å². The van der Waals surface area contributed by atoms with Crippen LogP contribution >= 0.6 is 11.6 Å². The summed E-state index contributed by atoms with van der Waals surface area (Å²) in [6.07, 6.45) is 1.21. The number of carbonyl (C=O) groups is 1. The number of alkyl carbamates (subject to hydrolysis) is 1. The highest BCUT2D eigenvalue weighted by atomic mass is 35.5. The number of ether oxygens (including phenoxy) is 1. The molecule has 6 nitrogen and oxygen atoms in total. The molecule has 0 bridgehead atoms. The monoisotopic (exact) mass is 336 g/mol. The number of hydrogen-bond acceptors (Lipinski definition) is 5. The lowest BCUT2D eigenvalue weighted by atomic mass is 10.0. The molecule has 1 fully saturated rings. The topological polar surface area (TPSA) is 77.4 Å². The molecular formula is C16H21ClN4O2. The Morgan fingerprint density at radius 2 is 2.17 bits per heavy atom. The average molecular weight is 337 g/mol. The van der Waals surface area contributed by atoms with E-state index in [0.717, 1.165) is 43.9 Å². The first-order valence-corrected chi connectivity index (χ1v) is 8.03. The molecule has 2 rings (SSSR count). The van der Waals surface area contributed by atoms with Gasteiger partial charge < -0.3 is 20.3 Å². The minimum atomic E-state index is -0.401. The van der Waals surface area contributed by atoms with E-state index in [1.807, 2.05) is 13.0 Å². The number of nitriles is 1. The summed E-state index contributed by atoms with van der Waals surface area (Å²) in [6, 6.07) is 5.86. The third kappa shape index (κ3) is 4.20. The van der Waals surface area contributed by atoms with E-state index in [-0.39, 0.29) is 6.04 Å². The normalized spacial score (nSPS) is 15.0. The zero-order valence-electron chi connectivity index (χ0n) is 13.4. The van der Waals surface area contributed by atoms with Crippen LogP contribution in [0.15, 0.2) is 12.1 Å². The lowest BCUT2D eigenvalue weighted by Crippen LogP contribution is -2.44. The zero-order chi connectivity index (χ0) is 16.8. The van der Waals surface area contributed by atoms with E-state index in [0.29, 0.717) is 10.6 Å². The van der Waals surface area contributed by atoms with Crippen molar-refractivity contribution in [1.29, 1.82) is 5.26 Å². The van der Waals surface area contributed by atoms with Crippen LogP contribution in [0.3, 0.4) is 0 Å². The quantitative estimate of drug-likeness (QED) is 0.883. The van der Waals surface area contributed by atoms with Gasteiger partial charge in [-0.2, -0.15) is 5.26 Å². The number of carbonyl (C=O) groups excluding carboxylic acids is 1. The van der Waals surface area contributed by atoms with Gasteiger partial charge in [0.15, 0.2) is 0 Å². The second-order valence-corrected chi connectivity index (χ2v) is 5.77. The summed E-state index contributed by atoms with van der Waals surface area (Å²) >= 11 is 6.49.